The molecule has 3 nitrogen and oxygen atoms in total. The molecule has 1 fully saturated rings. The number of amides is 1. The van der Waals surface area contributed by atoms with Crippen LogP contribution in [0.15, 0.2) is 0 Å². The van der Waals surface area contributed by atoms with E-state index in [-0.39, 0.29) is 12.0 Å². The molecule has 3 heteroatoms. The highest BCUT2D eigenvalue weighted by Crippen LogP contribution is 2.10. The van der Waals surface area contributed by atoms with Gasteiger partial charge in [-0.05, 0) is 6.42 Å². The van der Waals surface area contributed by atoms with Gasteiger partial charge < -0.3 is 9.64 Å². The van der Waals surface area contributed by atoms with E-state index in [0.29, 0.717) is 6.61 Å². The molecule has 1 aliphatic rings. The smallest absolute Gasteiger partial charge is 0.253 e. The standard InChI is InChI=1S/C7H13NO2/c1-3-4-10-6-5-8(2)7(6)9/h6H,3-5H2,1-2H3. The quantitative estimate of drug-likeness (QED) is 0.530. The highest BCUT2D eigenvalue weighted by molar-refractivity contribution is 5.86. The Kier molecular flexibility index (Phi) is 2.27. The lowest BCUT2D eigenvalue weighted by atomic mass is 10.2. The molecule has 0 radical (unpaired) electrons. The van der Waals surface area contributed by atoms with E-state index in [1.54, 1.807) is 11.9 Å². The van der Waals surface area contributed by atoms with Gasteiger partial charge in [-0.1, -0.05) is 6.92 Å². The summed E-state index contributed by atoms with van der Waals surface area (Å²) in [6.45, 7) is 3.50. The number of rotatable bonds is 3. The second-order valence-electron chi connectivity index (χ2n) is 2.58. The summed E-state index contributed by atoms with van der Waals surface area (Å²) < 4.78 is 5.22. The lowest BCUT2D eigenvalue weighted by Crippen LogP contribution is -2.55. The average molecular weight is 143 g/mol. The number of carbonyl (C=O) groups is 1. The van der Waals surface area contributed by atoms with Gasteiger partial charge in [0.05, 0.1) is 6.54 Å². The van der Waals surface area contributed by atoms with Gasteiger partial charge in [-0.2, -0.15) is 0 Å². The Labute approximate surface area is 61.0 Å². The number of hydrogen-bond acceptors (Lipinski definition) is 2. The maximum absolute atomic E-state index is 10.9. The third-order valence-corrected chi connectivity index (χ3v) is 1.61. The van der Waals surface area contributed by atoms with Gasteiger partial charge in [-0.3, -0.25) is 4.79 Å². The average Bonchev–Trinajstić information content (AvgIpc) is 1.97. The predicted molar refractivity (Wildman–Crippen MR) is 37.7 cm³/mol. The number of likely N-dealkylation sites (N-methyl/N-ethyl adjacent to an activating group) is 1. The molecule has 0 spiro atoms. The van der Waals surface area contributed by atoms with Crippen molar-refractivity contribution < 1.29 is 9.53 Å². The molecular weight excluding hydrogens is 130 g/mol. The fourth-order valence-corrected chi connectivity index (χ4v) is 0.934. The fourth-order valence-electron chi connectivity index (χ4n) is 0.934. The summed E-state index contributed by atoms with van der Waals surface area (Å²) >= 11 is 0. The number of nitrogens with zero attached hydrogens (tertiary/aromatic N) is 1. The Bertz CT molecular complexity index is 136. The van der Waals surface area contributed by atoms with Crippen LogP contribution in [0.2, 0.25) is 0 Å². The maximum atomic E-state index is 10.9. The maximum Gasteiger partial charge on any atom is 0.253 e. The van der Waals surface area contributed by atoms with E-state index < -0.39 is 0 Å². The van der Waals surface area contributed by atoms with Gasteiger partial charge in [0.1, 0.15) is 0 Å². The zero-order valence-electron chi connectivity index (χ0n) is 6.46. The first kappa shape index (κ1) is 7.54. The van der Waals surface area contributed by atoms with E-state index in [0.717, 1.165) is 13.0 Å². The van der Waals surface area contributed by atoms with Crippen LogP contribution in [0.25, 0.3) is 0 Å². The van der Waals surface area contributed by atoms with Crippen LogP contribution in [-0.4, -0.2) is 37.1 Å². The number of β-lactam (4-membered cyclic amide) rings is 1. The topological polar surface area (TPSA) is 29.5 Å². The Morgan fingerprint density at radius 2 is 2.50 bits per heavy atom. The molecule has 0 aromatic rings. The van der Waals surface area contributed by atoms with Crippen molar-refractivity contribution in [3.05, 3.63) is 0 Å². The zero-order chi connectivity index (χ0) is 7.56. The molecule has 1 heterocycles. The van der Waals surface area contributed by atoms with Crippen molar-refractivity contribution in [1.29, 1.82) is 0 Å². The van der Waals surface area contributed by atoms with Crippen LogP contribution < -0.4 is 0 Å². The summed E-state index contributed by atoms with van der Waals surface area (Å²) in [6.07, 6.45) is 0.845. The molecule has 1 rings (SSSR count). The molecule has 58 valence electrons. The molecule has 10 heavy (non-hydrogen) atoms. The van der Waals surface area contributed by atoms with Crippen molar-refractivity contribution in [2.75, 3.05) is 20.2 Å². The summed E-state index contributed by atoms with van der Waals surface area (Å²) in [5.41, 5.74) is 0. The SMILES string of the molecule is CCCOC1CN(C)C1=O. The van der Waals surface area contributed by atoms with Crippen molar-refractivity contribution in [3.63, 3.8) is 0 Å². The second-order valence-corrected chi connectivity index (χ2v) is 2.58. The third kappa shape index (κ3) is 1.29. The van der Waals surface area contributed by atoms with Crippen LogP contribution in [-0.2, 0) is 9.53 Å². The monoisotopic (exact) mass is 143 g/mol. The predicted octanol–water partition coefficient (Wildman–Crippen LogP) is 0.254. The van der Waals surface area contributed by atoms with Crippen molar-refractivity contribution >= 4 is 5.91 Å². The van der Waals surface area contributed by atoms with Crippen molar-refractivity contribution in [3.8, 4) is 0 Å². The van der Waals surface area contributed by atoms with Gasteiger partial charge >= 0.3 is 0 Å². The van der Waals surface area contributed by atoms with Gasteiger partial charge in [-0.25, -0.2) is 0 Å². The Morgan fingerprint density at radius 1 is 1.80 bits per heavy atom. The minimum Gasteiger partial charge on any atom is -0.367 e. The van der Waals surface area contributed by atoms with E-state index in [9.17, 15) is 4.79 Å². The summed E-state index contributed by atoms with van der Waals surface area (Å²) in [7, 11) is 1.79. The van der Waals surface area contributed by atoms with Crippen LogP contribution in [0.5, 0.6) is 0 Å². The second kappa shape index (κ2) is 3.01. The minimum atomic E-state index is -0.134. The third-order valence-electron chi connectivity index (χ3n) is 1.61. The first-order valence-corrected chi connectivity index (χ1v) is 3.62. The van der Waals surface area contributed by atoms with Gasteiger partial charge in [0.15, 0.2) is 6.10 Å². The zero-order valence-corrected chi connectivity index (χ0v) is 6.46. The van der Waals surface area contributed by atoms with E-state index >= 15 is 0 Å². The normalized spacial score (nSPS) is 24.8. The molecule has 0 aromatic heterocycles. The van der Waals surface area contributed by atoms with Crippen LogP contribution in [0.3, 0.4) is 0 Å². The number of ether oxygens (including phenoxy) is 1. The molecule has 0 aliphatic carbocycles. The first-order valence-electron chi connectivity index (χ1n) is 3.62. The van der Waals surface area contributed by atoms with Crippen molar-refractivity contribution in [1.82, 2.24) is 4.90 Å². The first-order chi connectivity index (χ1) is 4.75. The summed E-state index contributed by atoms with van der Waals surface area (Å²) in [5, 5.41) is 0. The Balaban J connectivity index is 2.15. The van der Waals surface area contributed by atoms with Crippen LogP contribution >= 0.6 is 0 Å². The number of carbonyl (C=O) groups excluding carboxylic acids is 1. The minimum absolute atomic E-state index is 0.119. The molecule has 1 aliphatic heterocycles. The van der Waals surface area contributed by atoms with E-state index in [1.165, 1.54) is 0 Å². The largest absolute Gasteiger partial charge is 0.367 e. The Morgan fingerprint density at radius 3 is 2.90 bits per heavy atom. The van der Waals surface area contributed by atoms with Crippen LogP contribution in [0.4, 0.5) is 0 Å². The van der Waals surface area contributed by atoms with Crippen molar-refractivity contribution in [2.24, 2.45) is 0 Å². The van der Waals surface area contributed by atoms with E-state index in [1.807, 2.05) is 6.92 Å². The molecule has 1 unspecified atom stereocenters. The van der Waals surface area contributed by atoms with Gasteiger partial charge in [0.2, 0.25) is 0 Å². The molecule has 0 aromatic carbocycles. The van der Waals surface area contributed by atoms with Crippen LogP contribution in [0, 0.1) is 0 Å². The summed E-state index contributed by atoms with van der Waals surface area (Å²) in [4.78, 5) is 12.5. The molecule has 0 bridgehead atoms. The molecule has 1 atom stereocenters. The summed E-state index contributed by atoms with van der Waals surface area (Å²) in [5.74, 6) is 0.119. The molecular formula is C7H13NO2. The number of hydrogen-bond donors (Lipinski definition) is 0. The van der Waals surface area contributed by atoms with Crippen LogP contribution in [0.1, 0.15) is 13.3 Å². The van der Waals surface area contributed by atoms with Gasteiger partial charge in [0.25, 0.3) is 5.91 Å². The number of likely N-dealkylation sites (tertiary alicyclic amines) is 1. The van der Waals surface area contributed by atoms with Gasteiger partial charge in [0, 0.05) is 13.7 Å². The van der Waals surface area contributed by atoms with E-state index in [2.05, 4.69) is 0 Å². The highest BCUT2D eigenvalue weighted by atomic mass is 16.5. The lowest BCUT2D eigenvalue weighted by Gasteiger charge is -2.34. The lowest BCUT2D eigenvalue weighted by molar-refractivity contribution is -0.159. The Hall–Kier alpha value is -0.570. The molecule has 1 saturated heterocycles. The van der Waals surface area contributed by atoms with Gasteiger partial charge in [-0.15, -0.1) is 0 Å². The fraction of sp³-hybridized carbons (Fsp3) is 0.857. The van der Waals surface area contributed by atoms with Crippen molar-refractivity contribution in [2.45, 2.75) is 19.4 Å². The highest BCUT2D eigenvalue weighted by Gasteiger charge is 2.33. The molecule has 0 saturated carbocycles. The molecule has 0 N–H and O–H groups in total. The summed E-state index contributed by atoms with van der Waals surface area (Å²) in [6, 6.07) is 0. The van der Waals surface area contributed by atoms with E-state index in [4.69, 9.17) is 4.74 Å². The molecule has 1 amide bonds.